The highest BCUT2D eigenvalue weighted by Gasteiger charge is 2.33. The Morgan fingerprint density at radius 3 is 2.50 bits per heavy atom. The molecule has 0 saturated heterocycles. The van der Waals surface area contributed by atoms with E-state index in [0.717, 1.165) is 30.5 Å². The van der Waals surface area contributed by atoms with Crippen molar-refractivity contribution in [2.75, 3.05) is 4.72 Å². The molecule has 9 heteroatoms. The van der Waals surface area contributed by atoms with Gasteiger partial charge in [-0.05, 0) is 58.8 Å². The molecular formula is C15H14F3IN2O2S. The summed E-state index contributed by atoms with van der Waals surface area (Å²) in [6.07, 6.45) is -2.97. The maximum atomic E-state index is 12.6. The minimum Gasteiger partial charge on any atom is -0.277 e. The number of aromatic nitrogens is 1. The van der Waals surface area contributed by atoms with Crippen LogP contribution in [0, 0.1) is 3.70 Å². The quantitative estimate of drug-likeness (QED) is 0.519. The molecule has 1 aromatic heterocycles. The maximum absolute atomic E-state index is 12.6. The summed E-state index contributed by atoms with van der Waals surface area (Å²) in [6.45, 7) is 1.98. The summed E-state index contributed by atoms with van der Waals surface area (Å²) in [4.78, 5) is 3.46. The highest BCUT2D eigenvalue weighted by atomic mass is 127. The largest absolute Gasteiger partial charge is 0.433 e. The SMILES string of the molecule is CCCc1cccc(S(=O)(=O)Nc2ccc(C(F)(F)F)nc2I)c1. The Kier molecular flexibility index (Phi) is 5.74. The summed E-state index contributed by atoms with van der Waals surface area (Å²) in [5.74, 6) is 0. The number of sulfonamides is 1. The van der Waals surface area contributed by atoms with Gasteiger partial charge in [0.15, 0.2) is 0 Å². The Labute approximate surface area is 151 Å². The molecule has 0 aliphatic heterocycles. The molecule has 0 amide bonds. The summed E-state index contributed by atoms with van der Waals surface area (Å²) < 4.78 is 64.9. The zero-order valence-corrected chi connectivity index (χ0v) is 15.5. The molecule has 2 aromatic rings. The molecule has 0 unspecified atom stereocenters. The first-order chi connectivity index (χ1) is 11.1. The highest BCUT2D eigenvalue weighted by Crippen LogP contribution is 2.30. The number of halogens is 4. The molecule has 1 aromatic carbocycles. The molecule has 0 aliphatic rings. The molecule has 130 valence electrons. The van der Waals surface area contributed by atoms with Crippen molar-refractivity contribution in [3.8, 4) is 0 Å². The number of hydrogen-bond donors (Lipinski definition) is 1. The normalized spacial score (nSPS) is 12.2. The first-order valence-electron chi connectivity index (χ1n) is 6.99. The lowest BCUT2D eigenvalue weighted by atomic mass is 10.1. The minimum absolute atomic E-state index is 0.00416. The Morgan fingerprint density at radius 1 is 1.21 bits per heavy atom. The fraction of sp³-hybridized carbons (Fsp3) is 0.267. The van der Waals surface area contributed by atoms with Crippen LogP contribution in [0.1, 0.15) is 24.6 Å². The second-order valence-electron chi connectivity index (χ2n) is 5.04. The van der Waals surface area contributed by atoms with E-state index in [1.165, 1.54) is 6.07 Å². The van der Waals surface area contributed by atoms with Crippen LogP contribution in [0.3, 0.4) is 0 Å². The molecule has 0 fully saturated rings. The van der Waals surface area contributed by atoms with E-state index >= 15 is 0 Å². The summed E-state index contributed by atoms with van der Waals surface area (Å²) in [7, 11) is -3.90. The van der Waals surface area contributed by atoms with E-state index < -0.39 is 21.9 Å². The number of benzene rings is 1. The molecule has 2 rings (SSSR count). The summed E-state index contributed by atoms with van der Waals surface area (Å²) >= 11 is 1.57. The molecule has 24 heavy (non-hydrogen) atoms. The van der Waals surface area contributed by atoms with Gasteiger partial charge in [-0.3, -0.25) is 4.72 Å². The van der Waals surface area contributed by atoms with Crippen molar-refractivity contribution in [3.05, 3.63) is 51.4 Å². The van der Waals surface area contributed by atoms with Crippen molar-refractivity contribution in [3.63, 3.8) is 0 Å². The number of pyridine rings is 1. The average Bonchev–Trinajstić information content (AvgIpc) is 2.49. The molecule has 0 bridgehead atoms. The zero-order valence-electron chi connectivity index (χ0n) is 12.6. The van der Waals surface area contributed by atoms with E-state index in [9.17, 15) is 21.6 Å². The number of aryl methyl sites for hydroxylation is 1. The van der Waals surface area contributed by atoms with Crippen LogP contribution < -0.4 is 4.72 Å². The number of nitrogens with one attached hydrogen (secondary N) is 1. The van der Waals surface area contributed by atoms with Crippen LogP contribution in [0.4, 0.5) is 18.9 Å². The van der Waals surface area contributed by atoms with E-state index in [2.05, 4.69) is 9.71 Å². The van der Waals surface area contributed by atoms with Crippen LogP contribution in [0.15, 0.2) is 41.3 Å². The lowest BCUT2D eigenvalue weighted by molar-refractivity contribution is -0.141. The van der Waals surface area contributed by atoms with Crippen LogP contribution in [0.2, 0.25) is 0 Å². The topological polar surface area (TPSA) is 59.1 Å². The van der Waals surface area contributed by atoms with Crippen LogP contribution in [0.25, 0.3) is 0 Å². The number of hydrogen-bond acceptors (Lipinski definition) is 3. The van der Waals surface area contributed by atoms with Gasteiger partial charge in [0.25, 0.3) is 10.0 Å². The lowest BCUT2D eigenvalue weighted by Crippen LogP contribution is -2.16. The number of alkyl halides is 3. The first kappa shape index (κ1) is 19.0. The zero-order chi connectivity index (χ0) is 18.0. The fourth-order valence-corrected chi connectivity index (χ4v) is 3.92. The van der Waals surface area contributed by atoms with Crippen molar-refractivity contribution >= 4 is 38.3 Å². The summed E-state index contributed by atoms with van der Waals surface area (Å²) in [6, 6.07) is 8.25. The molecule has 0 aliphatic carbocycles. The van der Waals surface area contributed by atoms with Gasteiger partial charge < -0.3 is 0 Å². The first-order valence-corrected chi connectivity index (χ1v) is 9.55. The van der Waals surface area contributed by atoms with Crippen LogP contribution >= 0.6 is 22.6 Å². The molecule has 4 nitrogen and oxygen atoms in total. The third-order valence-corrected chi connectivity index (χ3v) is 5.32. The van der Waals surface area contributed by atoms with Crippen molar-refractivity contribution in [1.82, 2.24) is 4.98 Å². The fourth-order valence-electron chi connectivity index (χ4n) is 2.03. The minimum atomic E-state index is -4.58. The van der Waals surface area contributed by atoms with Gasteiger partial charge in [0.2, 0.25) is 0 Å². The van der Waals surface area contributed by atoms with Gasteiger partial charge in [-0.15, -0.1) is 0 Å². The van der Waals surface area contributed by atoms with Gasteiger partial charge in [-0.25, -0.2) is 13.4 Å². The Morgan fingerprint density at radius 2 is 1.92 bits per heavy atom. The van der Waals surface area contributed by atoms with Crippen molar-refractivity contribution in [2.24, 2.45) is 0 Å². The van der Waals surface area contributed by atoms with Gasteiger partial charge in [0, 0.05) is 0 Å². The van der Waals surface area contributed by atoms with Crippen LogP contribution in [0.5, 0.6) is 0 Å². The number of anilines is 1. The van der Waals surface area contributed by atoms with E-state index in [4.69, 9.17) is 0 Å². The molecule has 0 radical (unpaired) electrons. The Bertz CT molecular complexity index is 839. The summed E-state index contributed by atoms with van der Waals surface area (Å²) in [5.41, 5.74) is -0.190. The second-order valence-corrected chi connectivity index (χ2v) is 7.74. The third kappa shape index (κ3) is 4.59. The van der Waals surface area contributed by atoms with E-state index in [1.807, 2.05) is 13.0 Å². The van der Waals surface area contributed by atoms with E-state index in [-0.39, 0.29) is 14.3 Å². The van der Waals surface area contributed by atoms with Gasteiger partial charge in [-0.2, -0.15) is 13.2 Å². The number of rotatable bonds is 5. The predicted molar refractivity (Wildman–Crippen MR) is 93.2 cm³/mol. The molecule has 0 atom stereocenters. The van der Waals surface area contributed by atoms with E-state index in [0.29, 0.717) is 0 Å². The molecular weight excluding hydrogens is 456 g/mol. The lowest BCUT2D eigenvalue weighted by Gasteiger charge is -2.12. The molecule has 1 N–H and O–H groups in total. The van der Waals surface area contributed by atoms with Gasteiger partial charge in [0.1, 0.15) is 9.39 Å². The predicted octanol–water partition coefficient (Wildman–Crippen LogP) is 4.46. The number of nitrogens with zero attached hydrogens (tertiary/aromatic N) is 1. The summed E-state index contributed by atoms with van der Waals surface area (Å²) in [5, 5.41) is 0. The molecule has 0 saturated carbocycles. The van der Waals surface area contributed by atoms with Gasteiger partial charge in [0.05, 0.1) is 10.6 Å². The van der Waals surface area contributed by atoms with Crippen molar-refractivity contribution in [1.29, 1.82) is 0 Å². The Balaban J connectivity index is 2.31. The monoisotopic (exact) mass is 470 g/mol. The van der Waals surface area contributed by atoms with Crippen LogP contribution in [-0.2, 0) is 22.6 Å². The highest BCUT2D eigenvalue weighted by molar-refractivity contribution is 14.1. The van der Waals surface area contributed by atoms with Gasteiger partial charge >= 0.3 is 6.18 Å². The van der Waals surface area contributed by atoms with Crippen molar-refractivity contribution in [2.45, 2.75) is 30.8 Å². The van der Waals surface area contributed by atoms with E-state index in [1.54, 1.807) is 34.7 Å². The Hall–Kier alpha value is -1.36. The molecule has 0 spiro atoms. The third-order valence-electron chi connectivity index (χ3n) is 3.13. The van der Waals surface area contributed by atoms with Gasteiger partial charge in [-0.1, -0.05) is 25.5 Å². The average molecular weight is 470 g/mol. The smallest absolute Gasteiger partial charge is 0.277 e. The van der Waals surface area contributed by atoms with Crippen molar-refractivity contribution < 1.29 is 21.6 Å². The molecule has 1 heterocycles. The maximum Gasteiger partial charge on any atom is 0.433 e. The standard InChI is InChI=1S/C15H14F3IN2O2S/c1-2-4-10-5-3-6-11(9-10)24(22,23)21-12-7-8-13(15(16,17)18)20-14(12)19/h3,5-9,21H,2,4H2,1H3. The second kappa shape index (κ2) is 7.26. The van der Waals surface area contributed by atoms with Crippen LogP contribution in [-0.4, -0.2) is 13.4 Å².